The molecule has 0 radical (unpaired) electrons. The van der Waals surface area contributed by atoms with Gasteiger partial charge in [0.2, 0.25) is 0 Å². The maximum atomic E-state index is 14.5. The highest BCUT2D eigenvalue weighted by Gasteiger charge is 2.36. The number of hydrogen-bond donors (Lipinski definition) is 0. The molecule has 3 heterocycles. The lowest BCUT2D eigenvalue weighted by Gasteiger charge is -2.21. The summed E-state index contributed by atoms with van der Waals surface area (Å²) in [5.41, 5.74) is 4.22. The van der Waals surface area contributed by atoms with Crippen molar-refractivity contribution in [3.63, 3.8) is 0 Å². The third-order valence-corrected chi connectivity index (χ3v) is 7.48. The molecule has 0 saturated heterocycles. The first kappa shape index (κ1) is 20.8. The van der Waals surface area contributed by atoms with Crippen molar-refractivity contribution in [1.82, 2.24) is 4.98 Å². The van der Waals surface area contributed by atoms with E-state index in [1.165, 1.54) is 6.07 Å². The predicted octanol–water partition coefficient (Wildman–Crippen LogP) is 4.30. The molecule has 0 fully saturated rings. The van der Waals surface area contributed by atoms with Gasteiger partial charge >= 0.3 is 0 Å². The van der Waals surface area contributed by atoms with Crippen molar-refractivity contribution in [2.45, 2.75) is 37.2 Å². The van der Waals surface area contributed by atoms with E-state index in [4.69, 9.17) is 4.74 Å². The molecule has 1 aromatic heterocycles. The van der Waals surface area contributed by atoms with Crippen molar-refractivity contribution < 1.29 is 18.1 Å². The van der Waals surface area contributed by atoms with E-state index in [0.29, 0.717) is 43.0 Å². The third-order valence-electron chi connectivity index (χ3n) is 5.90. The second-order valence-electron chi connectivity index (χ2n) is 8.05. The molecule has 0 N–H and O–H groups in total. The number of anilines is 1. The van der Waals surface area contributed by atoms with Crippen molar-refractivity contribution >= 4 is 22.4 Å². The molecule has 7 heteroatoms. The summed E-state index contributed by atoms with van der Waals surface area (Å²) >= 11 is 0. The highest BCUT2D eigenvalue weighted by molar-refractivity contribution is 7.85. The first-order chi connectivity index (χ1) is 15.5. The largest absolute Gasteiger partial charge is 0.480 e. The zero-order valence-corrected chi connectivity index (χ0v) is 18.5. The Morgan fingerprint density at radius 1 is 1.22 bits per heavy atom. The molecule has 2 aliphatic heterocycles. The molecule has 2 aliphatic rings. The quantitative estimate of drug-likeness (QED) is 0.582. The fourth-order valence-corrected chi connectivity index (χ4v) is 5.45. The number of carbonyl (C=O) groups excluding carboxylic acids is 1. The number of hydrogen-bond acceptors (Lipinski definition) is 4. The Balaban J connectivity index is 1.38. The average molecular weight is 451 g/mol. The van der Waals surface area contributed by atoms with E-state index < -0.39 is 22.7 Å². The van der Waals surface area contributed by atoms with Crippen molar-refractivity contribution in [3.8, 4) is 17.0 Å². The summed E-state index contributed by atoms with van der Waals surface area (Å²) in [7, 11) is -1.42. The van der Waals surface area contributed by atoms with E-state index in [1.807, 2.05) is 43.3 Å². The van der Waals surface area contributed by atoms with Gasteiger partial charge < -0.3 is 9.64 Å². The molecule has 5 nitrogen and oxygen atoms in total. The molecule has 3 aromatic rings. The van der Waals surface area contributed by atoms with Crippen LogP contribution in [-0.2, 0) is 28.4 Å². The molecule has 0 saturated carbocycles. The Bertz CT molecular complexity index is 1220. The van der Waals surface area contributed by atoms with E-state index in [1.54, 1.807) is 17.2 Å². The number of fused-ring (bicyclic) bond motifs is 2. The lowest BCUT2D eigenvalue weighted by Crippen LogP contribution is -2.40. The van der Waals surface area contributed by atoms with Crippen LogP contribution in [0.15, 0.2) is 59.6 Å². The minimum absolute atomic E-state index is 0.154. The Morgan fingerprint density at radius 3 is 2.88 bits per heavy atom. The summed E-state index contributed by atoms with van der Waals surface area (Å²) in [6.07, 6.45) is 2.85. The van der Waals surface area contributed by atoms with Crippen molar-refractivity contribution in [1.29, 1.82) is 0 Å². The van der Waals surface area contributed by atoms with Gasteiger partial charge in [0.15, 0.2) is 6.10 Å². The van der Waals surface area contributed by atoms with Crippen LogP contribution in [0, 0.1) is 5.82 Å². The van der Waals surface area contributed by atoms with Gasteiger partial charge in [-0.05, 0) is 66.4 Å². The average Bonchev–Trinajstić information content (AvgIpc) is 3.42. The van der Waals surface area contributed by atoms with Crippen LogP contribution in [0.2, 0.25) is 0 Å². The molecule has 1 amide bonds. The van der Waals surface area contributed by atoms with Crippen LogP contribution < -0.4 is 9.64 Å². The second-order valence-corrected chi connectivity index (χ2v) is 9.59. The second kappa shape index (κ2) is 8.47. The Hall–Kier alpha value is -3.06. The number of carbonyl (C=O) groups is 1. The van der Waals surface area contributed by atoms with Gasteiger partial charge in [-0.25, -0.2) is 4.39 Å². The van der Waals surface area contributed by atoms with Crippen LogP contribution in [0.1, 0.15) is 24.5 Å². The number of rotatable bonds is 5. The number of nitrogens with zero attached hydrogens (tertiary/aromatic N) is 2. The predicted molar refractivity (Wildman–Crippen MR) is 122 cm³/mol. The van der Waals surface area contributed by atoms with Crippen molar-refractivity contribution in [2.24, 2.45) is 0 Å². The van der Waals surface area contributed by atoms with Gasteiger partial charge in [0.25, 0.3) is 5.91 Å². The Kier molecular flexibility index (Phi) is 5.51. The molecule has 2 aromatic carbocycles. The Labute approximate surface area is 188 Å². The van der Waals surface area contributed by atoms with Gasteiger partial charge in [0.05, 0.1) is 21.4 Å². The molecule has 0 bridgehead atoms. The summed E-state index contributed by atoms with van der Waals surface area (Å²) in [4.78, 5) is 19.6. The van der Waals surface area contributed by atoms with Crippen molar-refractivity contribution in [2.75, 3.05) is 17.2 Å². The summed E-state index contributed by atoms with van der Waals surface area (Å²) in [6.45, 7) is 2.38. The third kappa shape index (κ3) is 3.71. The van der Waals surface area contributed by atoms with E-state index in [2.05, 4.69) is 4.98 Å². The fraction of sp³-hybridized carbons (Fsp3) is 0.280. The van der Waals surface area contributed by atoms with Crippen LogP contribution in [0.3, 0.4) is 0 Å². The molecule has 1 unspecified atom stereocenters. The molecule has 2 atom stereocenters. The van der Waals surface area contributed by atoms with E-state index in [9.17, 15) is 13.4 Å². The Morgan fingerprint density at radius 2 is 2.09 bits per heavy atom. The summed E-state index contributed by atoms with van der Waals surface area (Å²) < 4.78 is 32.9. The van der Waals surface area contributed by atoms with Gasteiger partial charge in [-0.3, -0.25) is 14.0 Å². The number of amides is 1. The molecule has 32 heavy (non-hydrogen) atoms. The van der Waals surface area contributed by atoms with E-state index in [0.717, 1.165) is 22.4 Å². The highest BCUT2D eigenvalue weighted by atomic mass is 32.2. The molecular weight excluding hydrogens is 427 g/mol. The molecule has 0 spiro atoms. The van der Waals surface area contributed by atoms with Crippen LogP contribution in [0.5, 0.6) is 5.75 Å². The first-order valence-electron chi connectivity index (χ1n) is 10.8. The maximum absolute atomic E-state index is 14.5. The zero-order chi connectivity index (χ0) is 22.2. The fourth-order valence-electron chi connectivity index (χ4n) is 4.34. The standard InChI is InChI=1S/C25H23FN2O3S/c1-2-11-32(30)24-15-21-17(13-19(24)26)8-10-28(21)25(29)23-14-18-12-16(6-7-22(18)31-23)20-5-3-4-9-27-20/h3-7,9,12-13,15,23H,2,8,10-11,14H2,1H3/t23-,32?/m1/s1. The first-order valence-corrected chi connectivity index (χ1v) is 12.1. The lowest BCUT2D eigenvalue weighted by molar-refractivity contribution is -0.124. The summed E-state index contributed by atoms with van der Waals surface area (Å²) in [5.74, 6) is 0.476. The van der Waals surface area contributed by atoms with Crippen LogP contribution >= 0.6 is 0 Å². The molecule has 0 aliphatic carbocycles. The summed E-state index contributed by atoms with van der Waals surface area (Å²) in [5, 5.41) is 0. The smallest absolute Gasteiger partial charge is 0.268 e. The topological polar surface area (TPSA) is 59.5 Å². The minimum atomic E-state index is -1.42. The highest BCUT2D eigenvalue weighted by Crippen LogP contribution is 2.36. The van der Waals surface area contributed by atoms with Gasteiger partial charge in [-0.1, -0.05) is 13.0 Å². The van der Waals surface area contributed by atoms with Crippen LogP contribution in [0.4, 0.5) is 10.1 Å². The number of aromatic nitrogens is 1. The van der Waals surface area contributed by atoms with Crippen LogP contribution in [0.25, 0.3) is 11.3 Å². The zero-order valence-electron chi connectivity index (χ0n) is 17.7. The molecule has 5 rings (SSSR count). The number of ether oxygens (including phenoxy) is 1. The summed E-state index contributed by atoms with van der Waals surface area (Å²) in [6, 6.07) is 14.6. The number of benzene rings is 2. The van der Waals surface area contributed by atoms with E-state index in [-0.39, 0.29) is 10.8 Å². The monoisotopic (exact) mass is 450 g/mol. The van der Waals surface area contributed by atoms with Gasteiger partial charge in [0, 0.05) is 36.2 Å². The SMILES string of the molecule is CCCS(=O)c1cc2c(cc1F)CCN2C(=O)[C@H]1Cc2cc(-c3ccccn3)ccc2O1. The van der Waals surface area contributed by atoms with E-state index >= 15 is 0 Å². The number of halogens is 1. The van der Waals surface area contributed by atoms with Gasteiger partial charge in [-0.2, -0.15) is 0 Å². The van der Waals surface area contributed by atoms with Crippen molar-refractivity contribution in [3.05, 3.63) is 71.7 Å². The molecule has 164 valence electrons. The maximum Gasteiger partial charge on any atom is 0.268 e. The van der Waals surface area contributed by atoms with Crippen LogP contribution in [-0.4, -0.2) is 33.5 Å². The van der Waals surface area contributed by atoms with Gasteiger partial charge in [-0.15, -0.1) is 0 Å². The minimum Gasteiger partial charge on any atom is -0.480 e. The number of pyridine rings is 1. The molecular formula is C25H23FN2O3S. The lowest BCUT2D eigenvalue weighted by atomic mass is 10.0. The van der Waals surface area contributed by atoms with Gasteiger partial charge in [0.1, 0.15) is 11.6 Å². The normalized spacial score (nSPS) is 17.6.